The Morgan fingerprint density at radius 1 is 1.86 bits per heavy atom. The van der Waals surface area contributed by atoms with Crippen LogP contribution in [-0.2, 0) is 4.79 Å². The molecule has 0 amide bonds. The molecular weight excluding hydrogens is 92.1 g/mol. The molecular formula is C5H8O2. The van der Waals surface area contributed by atoms with E-state index in [0.29, 0.717) is 0 Å². The molecule has 2 nitrogen and oxygen atoms in total. The summed E-state index contributed by atoms with van der Waals surface area (Å²) in [6.07, 6.45) is 2.93. The third-order valence-corrected chi connectivity index (χ3v) is 0.508. The minimum atomic E-state index is -0.385. The van der Waals surface area contributed by atoms with Gasteiger partial charge >= 0.3 is 0 Å². The molecule has 0 bridgehead atoms. The van der Waals surface area contributed by atoms with Gasteiger partial charge in [0.05, 0.1) is 0 Å². The Hall–Kier alpha value is -0.630. The van der Waals surface area contributed by atoms with Gasteiger partial charge in [-0.15, -0.1) is 0 Å². The molecule has 7 heavy (non-hydrogen) atoms. The van der Waals surface area contributed by atoms with Gasteiger partial charge in [0, 0.05) is 0 Å². The van der Waals surface area contributed by atoms with Gasteiger partial charge in [-0.3, -0.25) is 4.79 Å². The summed E-state index contributed by atoms with van der Waals surface area (Å²) in [5.74, 6) is -0.248. The average Bonchev–Trinajstić information content (AvgIpc) is 1.68. The summed E-state index contributed by atoms with van der Waals surface area (Å²) in [4.78, 5) is 10.1. The van der Waals surface area contributed by atoms with E-state index in [1.807, 2.05) is 0 Å². The highest BCUT2D eigenvalue weighted by atomic mass is 16.3. The summed E-state index contributed by atoms with van der Waals surface area (Å²) in [5.41, 5.74) is 0. The van der Waals surface area contributed by atoms with E-state index in [1.54, 1.807) is 13.0 Å². The van der Waals surface area contributed by atoms with Gasteiger partial charge in [0.2, 0.25) is 0 Å². The smallest absolute Gasteiger partial charge is 0.180 e. The van der Waals surface area contributed by atoms with E-state index in [0.717, 1.165) is 0 Å². The molecule has 0 aliphatic carbocycles. The van der Waals surface area contributed by atoms with Crippen LogP contribution >= 0.6 is 0 Å². The SMILES string of the molecule is C/C=C/C(=O)CO. The normalized spacial score (nSPS) is 10.0. The summed E-state index contributed by atoms with van der Waals surface area (Å²) in [5, 5.41) is 8.07. The number of carbonyl (C=O) groups is 1. The van der Waals surface area contributed by atoms with Crippen LogP contribution in [0.2, 0.25) is 0 Å². The van der Waals surface area contributed by atoms with Crippen LogP contribution in [0.15, 0.2) is 12.2 Å². The van der Waals surface area contributed by atoms with E-state index >= 15 is 0 Å². The van der Waals surface area contributed by atoms with E-state index in [1.165, 1.54) is 6.08 Å². The maximum absolute atomic E-state index is 10.1. The first kappa shape index (κ1) is 6.37. The summed E-state index contributed by atoms with van der Waals surface area (Å²) in [6.45, 7) is 1.35. The fourth-order valence-electron chi connectivity index (χ4n) is 0.239. The molecule has 0 aromatic heterocycles. The van der Waals surface area contributed by atoms with Crippen molar-refractivity contribution in [3.8, 4) is 0 Å². The average molecular weight is 100 g/mol. The number of ketones is 1. The van der Waals surface area contributed by atoms with Gasteiger partial charge in [-0.2, -0.15) is 0 Å². The fourth-order valence-corrected chi connectivity index (χ4v) is 0.239. The van der Waals surface area contributed by atoms with Gasteiger partial charge in [0.15, 0.2) is 5.78 Å². The molecule has 0 aromatic rings. The highest BCUT2D eigenvalue weighted by molar-refractivity contribution is 5.90. The Bertz CT molecular complexity index is 84.1. The van der Waals surface area contributed by atoms with E-state index in [-0.39, 0.29) is 12.4 Å². The number of hydrogen-bond acceptors (Lipinski definition) is 2. The quantitative estimate of drug-likeness (QED) is 0.500. The van der Waals surface area contributed by atoms with Crippen molar-refractivity contribution < 1.29 is 9.90 Å². The monoisotopic (exact) mass is 100 g/mol. The lowest BCUT2D eigenvalue weighted by Gasteiger charge is -1.78. The maximum atomic E-state index is 10.1. The van der Waals surface area contributed by atoms with Gasteiger partial charge in [-0.25, -0.2) is 0 Å². The standard InChI is InChI=1S/C5H8O2/c1-2-3-5(7)4-6/h2-3,6H,4H2,1H3/b3-2+. The molecule has 0 fully saturated rings. The van der Waals surface area contributed by atoms with E-state index in [4.69, 9.17) is 5.11 Å². The summed E-state index contributed by atoms with van der Waals surface area (Å²) in [7, 11) is 0. The highest BCUT2D eigenvalue weighted by Gasteiger charge is 1.85. The lowest BCUT2D eigenvalue weighted by atomic mass is 10.4. The van der Waals surface area contributed by atoms with Crippen LogP contribution < -0.4 is 0 Å². The predicted molar refractivity (Wildman–Crippen MR) is 26.9 cm³/mol. The summed E-state index contributed by atoms with van der Waals surface area (Å²) < 4.78 is 0. The number of allylic oxidation sites excluding steroid dienone is 1. The molecule has 0 unspecified atom stereocenters. The summed E-state index contributed by atoms with van der Waals surface area (Å²) in [6, 6.07) is 0. The van der Waals surface area contributed by atoms with Crippen LogP contribution in [0.1, 0.15) is 6.92 Å². The lowest BCUT2D eigenvalue weighted by molar-refractivity contribution is -0.117. The Kier molecular flexibility index (Phi) is 3.24. The van der Waals surface area contributed by atoms with Crippen molar-refractivity contribution in [3.63, 3.8) is 0 Å². The molecule has 0 heterocycles. The van der Waals surface area contributed by atoms with Gasteiger partial charge in [-0.05, 0) is 13.0 Å². The largest absolute Gasteiger partial charge is 0.388 e. The molecule has 1 N–H and O–H groups in total. The van der Waals surface area contributed by atoms with Crippen molar-refractivity contribution in [2.45, 2.75) is 6.92 Å². The molecule has 0 atom stereocenters. The maximum Gasteiger partial charge on any atom is 0.180 e. The second kappa shape index (κ2) is 3.56. The molecule has 2 heteroatoms. The number of aliphatic hydroxyl groups is 1. The first-order valence-electron chi connectivity index (χ1n) is 2.07. The second-order valence-electron chi connectivity index (χ2n) is 1.12. The Labute approximate surface area is 42.5 Å². The van der Waals surface area contributed by atoms with Crippen molar-refractivity contribution >= 4 is 5.78 Å². The molecule has 0 aliphatic rings. The van der Waals surface area contributed by atoms with Crippen molar-refractivity contribution in [2.75, 3.05) is 6.61 Å². The van der Waals surface area contributed by atoms with Gasteiger partial charge in [0.25, 0.3) is 0 Å². The van der Waals surface area contributed by atoms with Crippen LogP contribution in [0.3, 0.4) is 0 Å². The molecule has 40 valence electrons. The zero-order valence-corrected chi connectivity index (χ0v) is 4.22. The third kappa shape index (κ3) is 3.19. The Balaban J connectivity index is 3.37. The van der Waals surface area contributed by atoms with Crippen LogP contribution in [0.25, 0.3) is 0 Å². The molecule has 0 radical (unpaired) electrons. The number of carbonyl (C=O) groups excluding carboxylic acids is 1. The summed E-state index contributed by atoms with van der Waals surface area (Å²) >= 11 is 0. The minimum absolute atomic E-state index is 0.248. The predicted octanol–water partition coefficient (Wildman–Crippen LogP) is 0.124. The third-order valence-electron chi connectivity index (χ3n) is 0.508. The molecule has 0 spiro atoms. The molecule has 0 aliphatic heterocycles. The Morgan fingerprint density at radius 3 is 2.57 bits per heavy atom. The molecule has 0 saturated carbocycles. The first-order valence-corrected chi connectivity index (χ1v) is 2.07. The lowest BCUT2D eigenvalue weighted by Crippen LogP contribution is -1.96. The fraction of sp³-hybridized carbons (Fsp3) is 0.400. The number of rotatable bonds is 2. The minimum Gasteiger partial charge on any atom is -0.388 e. The topological polar surface area (TPSA) is 37.3 Å². The van der Waals surface area contributed by atoms with Gasteiger partial charge < -0.3 is 5.11 Å². The number of aliphatic hydroxyl groups excluding tert-OH is 1. The number of hydrogen-bond donors (Lipinski definition) is 1. The van der Waals surface area contributed by atoms with E-state index in [2.05, 4.69) is 0 Å². The van der Waals surface area contributed by atoms with E-state index in [9.17, 15) is 4.79 Å². The van der Waals surface area contributed by atoms with Crippen LogP contribution in [0, 0.1) is 0 Å². The molecule has 0 rings (SSSR count). The van der Waals surface area contributed by atoms with Crippen LogP contribution in [-0.4, -0.2) is 17.5 Å². The second-order valence-corrected chi connectivity index (χ2v) is 1.12. The Morgan fingerprint density at radius 2 is 2.43 bits per heavy atom. The van der Waals surface area contributed by atoms with E-state index < -0.39 is 0 Å². The van der Waals surface area contributed by atoms with Crippen molar-refractivity contribution in [1.29, 1.82) is 0 Å². The van der Waals surface area contributed by atoms with Crippen molar-refractivity contribution in [3.05, 3.63) is 12.2 Å². The zero-order valence-electron chi connectivity index (χ0n) is 4.22. The first-order chi connectivity index (χ1) is 3.31. The van der Waals surface area contributed by atoms with Crippen molar-refractivity contribution in [2.24, 2.45) is 0 Å². The van der Waals surface area contributed by atoms with Crippen molar-refractivity contribution in [1.82, 2.24) is 0 Å². The van der Waals surface area contributed by atoms with Gasteiger partial charge in [-0.1, -0.05) is 6.08 Å². The van der Waals surface area contributed by atoms with Crippen LogP contribution in [0.4, 0.5) is 0 Å². The zero-order chi connectivity index (χ0) is 5.70. The van der Waals surface area contributed by atoms with Gasteiger partial charge in [0.1, 0.15) is 6.61 Å². The molecule has 0 saturated heterocycles. The highest BCUT2D eigenvalue weighted by Crippen LogP contribution is 1.71. The van der Waals surface area contributed by atoms with Crippen LogP contribution in [0.5, 0.6) is 0 Å². The molecule has 0 aromatic carbocycles.